The van der Waals surface area contributed by atoms with Gasteiger partial charge in [0.2, 0.25) is 0 Å². The number of nitrogens with two attached hydrogens (primary N) is 1. The Kier molecular flexibility index (Phi) is 4.26. The number of hydrogen-bond donors (Lipinski definition) is 3. The van der Waals surface area contributed by atoms with Crippen LogP contribution in [0.3, 0.4) is 0 Å². The quantitative estimate of drug-likeness (QED) is 0.501. The second-order valence-corrected chi connectivity index (χ2v) is 4.73. The molecule has 0 aliphatic carbocycles. The summed E-state index contributed by atoms with van der Waals surface area (Å²) in [5.74, 6) is -1.66. The molecule has 0 aromatic carbocycles. The Morgan fingerprint density at radius 1 is 1.38 bits per heavy atom. The molecule has 1 aliphatic rings. The number of carbonyl (C=O) groups excluding carboxylic acids is 2. The minimum atomic E-state index is -0.937. The maximum Gasteiger partial charge on any atom is 0.309 e. The topological polar surface area (TPSA) is 87.5 Å². The number of amides is 2. The standard InChI is InChI=1S/C10H20N4O2/c1-10(2,13-9(16)8(11)15)7-14-5-3-12-4-6-14/h12H,3-7H2,1-2H3,(H2,11,15)(H,13,16). The van der Waals surface area contributed by atoms with Crippen LogP contribution >= 0.6 is 0 Å². The van der Waals surface area contributed by atoms with Crippen molar-refractivity contribution in [2.24, 2.45) is 5.73 Å². The number of hydrogen-bond acceptors (Lipinski definition) is 4. The van der Waals surface area contributed by atoms with Gasteiger partial charge in [0.15, 0.2) is 0 Å². The molecule has 0 unspecified atom stereocenters. The van der Waals surface area contributed by atoms with Crippen LogP contribution in [-0.2, 0) is 9.59 Å². The summed E-state index contributed by atoms with van der Waals surface area (Å²) >= 11 is 0. The molecule has 0 aromatic heterocycles. The molecule has 0 aromatic rings. The van der Waals surface area contributed by atoms with Crippen LogP contribution < -0.4 is 16.4 Å². The van der Waals surface area contributed by atoms with Crippen LogP contribution in [0.25, 0.3) is 0 Å². The number of rotatable bonds is 3. The summed E-state index contributed by atoms with van der Waals surface area (Å²) in [6, 6.07) is 0. The Labute approximate surface area is 95.5 Å². The fraction of sp³-hybridized carbons (Fsp3) is 0.800. The number of nitrogens with one attached hydrogen (secondary N) is 2. The lowest BCUT2D eigenvalue weighted by molar-refractivity contribution is -0.138. The highest BCUT2D eigenvalue weighted by molar-refractivity contribution is 6.34. The normalized spacial score (nSPS) is 18.1. The molecule has 2 amide bonds. The Morgan fingerprint density at radius 2 is 1.94 bits per heavy atom. The molecule has 1 rings (SSSR count). The van der Waals surface area contributed by atoms with Gasteiger partial charge in [-0.15, -0.1) is 0 Å². The van der Waals surface area contributed by atoms with Crippen molar-refractivity contribution in [1.29, 1.82) is 0 Å². The third kappa shape index (κ3) is 4.16. The zero-order chi connectivity index (χ0) is 12.2. The van der Waals surface area contributed by atoms with Gasteiger partial charge in [-0.05, 0) is 13.8 Å². The van der Waals surface area contributed by atoms with Crippen molar-refractivity contribution < 1.29 is 9.59 Å². The molecule has 1 fully saturated rings. The molecule has 0 saturated carbocycles. The molecule has 0 bridgehead atoms. The van der Waals surface area contributed by atoms with Crippen LogP contribution in [0.2, 0.25) is 0 Å². The third-order valence-corrected chi connectivity index (χ3v) is 2.50. The van der Waals surface area contributed by atoms with Gasteiger partial charge in [-0.25, -0.2) is 0 Å². The predicted molar refractivity (Wildman–Crippen MR) is 60.7 cm³/mol. The van der Waals surface area contributed by atoms with Gasteiger partial charge in [0.05, 0.1) is 0 Å². The Bertz CT molecular complexity index is 272. The molecule has 6 nitrogen and oxygen atoms in total. The maximum atomic E-state index is 11.2. The van der Waals surface area contributed by atoms with E-state index in [2.05, 4.69) is 15.5 Å². The summed E-state index contributed by atoms with van der Waals surface area (Å²) in [5, 5.41) is 5.88. The highest BCUT2D eigenvalue weighted by Gasteiger charge is 2.26. The van der Waals surface area contributed by atoms with Crippen LogP contribution in [0.5, 0.6) is 0 Å². The lowest BCUT2D eigenvalue weighted by atomic mass is 10.0. The van der Waals surface area contributed by atoms with Crippen molar-refractivity contribution in [2.45, 2.75) is 19.4 Å². The molecular weight excluding hydrogens is 208 g/mol. The smallest absolute Gasteiger partial charge is 0.309 e. The van der Waals surface area contributed by atoms with Gasteiger partial charge in [0.1, 0.15) is 0 Å². The molecule has 16 heavy (non-hydrogen) atoms. The monoisotopic (exact) mass is 228 g/mol. The van der Waals surface area contributed by atoms with Gasteiger partial charge < -0.3 is 16.4 Å². The Hall–Kier alpha value is -1.14. The maximum absolute atomic E-state index is 11.2. The van der Waals surface area contributed by atoms with Crippen LogP contribution in [-0.4, -0.2) is 55.0 Å². The molecule has 0 spiro atoms. The lowest BCUT2D eigenvalue weighted by Gasteiger charge is -2.35. The zero-order valence-electron chi connectivity index (χ0n) is 9.88. The second-order valence-electron chi connectivity index (χ2n) is 4.73. The van der Waals surface area contributed by atoms with Crippen LogP contribution in [0.1, 0.15) is 13.8 Å². The van der Waals surface area contributed by atoms with E-state index in [0.717, 1.165) is 26.2 Å². The number of carbonyl (C=O) groups is 2. The molecule has 4 N–H and O–H groups in total. The van der Waals surface area contributed by atoms with Crippen molar-refractivity contribution in [1.82, 2.24) is 15.5 Å². The zero-order valence-corrected chi connectivity index (χ0v) is 9.88. The van der Waals surface area contributed by atoms with Gasteiger partial charge in [-0.2, -0.15) is 0 Å². The summed E-state index contributed by atoms with van der Waals surface area (Å²) < 4.78 is 0. The van der Waals surface area contributed by atoms with Crippen molar-refractivity contribution in [3.63, 3.8) is 0 Å². The first kappa shape index (κ1) is 12.9. The summed E-state index contributed by atoms with van der Waals surface area (Å²) in [4.78, 5) is 24.1. The molecule has 0 atom stereocenters. The third-order valence-electron chi connectivity index (χ3n) is 2.50. The van der Waals surface area contributed by atoms with E-state index in [1.54, 1.807) is 0 Å². The molecular formula is C10H20N4O2. The minimum Gasteiger partial charge on any atom is -0.361 e. The van der Waals surface area contributed by atoms with Crippen molar-refractivity contribution >= 4 is 11.8 Å². The first-order valence-electron chi connectivity index (χ1n) is 5.46. The van der Waals surface area contributed by atoms with E-state index >= 15 is 0 Å². The lowest BCUT2D eigenvalue weighted by Crippen LogP contribution is -2.56. The van der Waals surface area contributed by atoms with E-state index in [1.807, 2.05) is 13.8 Å². The first-order chi connectivity index (χ1) is 7.41. The van der Waals surface area contributed by atoms with Crippen LogP contribution in [0.15, 0.2) is 0 Å². The molecule has 1 saturated heterocycles. The van der Waals surface area contributed by atoms with E-state index < -0.39 is 17.4 Å². The van der Waals surface area contributed by atoms with Crippen molar-refractivity contribution in [3.8, 4) is 0 Å². The summed E-state index contributed by atoms with van der Waals surface area (Å²) in [6.45, 7) is 8.31. The van der Waals surface area contributed by atoms with E-state index in [1.165, 1.54) is 0 Å². The van der Waals surface area contributed by atoms with Crippen molar-refractivity contribution in [3.05, 3.63) is 0 Å². The molecule has 1 heterocycles. The van der Waals surface area contributed by atoms with E-state index in [-0.39, 0.29) is 0 Å². The van der Waals surface area contributed by atoms with Gasteiger partial charge in [-0.3, -0.25) is 14.5 Å². The minimum absolute atomic E-state index is 0.441. The van der Waals surface area contributed by atoms with Gasteiger partial charge in [0, 0.05) is 38.3 Å². The molecule has 92 valence electrons. The Balaban J connectivity index is 2.43. The second kappa shape index (κ2) is 5.27. The largest absolute Gasteiger partial charge is 0.361 e. The molecule has 1 aliphatic heterocycles. The van der Waals surface area contributed by atoms with Crippen LogP contribution in [0.4, 0.5) is 0 Å². The predicted octanol–water partition coefficient (Wildman–Crippen LogP) is -1.73. The van der Waals surface area contributed by atoms with Crippen molar-refractivity contribution in [2.75, 3.05) is 32.7 Å². The van der Waals surface area contributed by atoms with Crippen LogP contribution in [0, 0.1) is 0 Å². The van der Waals surface area contributed by atoms with E-state index in [9.17, 15) is 9.59 Å². The summed E-state index contributed by atoms with van der Waals surface area (Å²) in [5.41, 5.74) is 4.46. The first-order valence-corrected chi connectivity index (χ1v) is 5.46. The average Bonchev–Trinajstić information content (AvgIpc) is 2.17. The number of piperazine rings is 1. The summed E-state index contributed by atoms with van der Waals surface area (Å²) in [6.07, 6.45) is 0. The van der Waals surface area contributed by atoms with E-state index in [4.69, 9.17) is 5.73 Å². The molecule has 6 heteroatoms. The van der Waals surface area contributed by atoms with Gasteiger partial charge in [0.25, 0.3) is 0 Å². The highest BCUT2D eigenvalue weighted by atomic mass is 16.2. The van der Waals surface area contributed by atoms with Gasteiger partial charge in [-0.1, -0.05) is 0 Å². The molecule has 0 radical (unpaired) electrons. The summed E-state index contributed by atoms with van der Waals surface area (Å²) in [7, 11) is 0. The fourth-order valence-electron chi connectivity index (χ4n) is 1.84. The highest BCUT2D eigenvalue weighted by Crippen LogP contribution is 2.06. The number of primary amides is 1. The van der Waals surface area contributed by atoms with E-state index in [0.29, 0.717) is 6.54 Å². The fourth-order valence-corrected chi connectivity index (χ4v) is 1.84. The number of nitrogens with zero attached hydrogens (tertiary/aromatic N) is 1. The average molecular weight is 228 g/mol. The Morgan fingerprint density at radius 3 is 2.44 bits per heavy atom. The SMILES string of the molecule is CC(C)(CN1CCNCC1)NC(=O)C(N)=O. The van der Waals surface area contributed by atoms with Gasteiger partial charge >= 0.3 is 11.8 Å².